The van der Waals surface area contributed by atoms with Crippen molar-refractivity contribution in [1.82, 2.24) is 0 Å². The maximum absolute atomic E-state index is 11.5. The first-order chi connectivity index (χ1) is 7.54. The molecule has 1 rings (SSSR count). The molecule has 2 N–H and O–H groups in total. The molecule has 0 saturated carbocycles. The maximum Gasteiger partial charge on any atom is 0.335 e. The van der Waals surface area contributed by atoms with Gasteiger partial charge in [-0.1, -0.05) is 22.9 Å². The Bertz CT molecular complexity index is 389. The number of carboxylic acids is 1. The minimum absolute atomic E-state index is 0.134. The van der Waals surface area contributed by atoms with E-state index in [1.807, 2.05) is 6.92 Å². The summed E-state index contributed by atoms with van der Waals surface area (Å²) in [4.78, 5) is 21.9. The van der Waals surface area contributed by atoms with E-state index in [1.165, 1.54) is 12.1 Å². The Morgan fingerprint density at radius 1 is 1.38 bits per heavy atom. The Kier molecular flexibility index (Phi) is 4.49. The molecule has 0 aliphatic carbocycles. The van der Waals surface area contributed by atoms with Crippen LogP contribution in [0.3, 0.4) is 0 Å². The van der Waals surface area contributed by atoms with Crippen molar-refractivity contribution in [3.05, 3.63) is 29.8 Å². The number of aromatic carboxylic acids is 1. The Morgan fingerprint density at radius 2 is 1.94 bits per heavy atom. The summed E-state index contributed by atoms with van der Waals surface area (Å²) >= 11 is 3.23. The van der Waals surface area contributed by atoms with E-state index in [-0.39, 0.29) is 16.3 Å². The number of amides is 1. The molecule has 5 heteroatoms. The van der Waals surface area contributed by atoms with Crippen molar-refractivity contribution in [3.63, 3.8) is 0 Å². The van der Waals surface area contributed by atoms with Crippen LogP contribution in [0, 0.1) is 0 Å². The molecule has 1 amide bonds. The summed E-state index contributed by atoms with van der Waals surface area (Å²) in [5, 5.41) is 11.4. The van der Waals surface area contributed by atoms with E-state index in [0.29, 0.717) is 12.1 Å². The summed E-state index contributed by atoms with van der Waals surface area (Å²) < 4.78 is 0. The molecule has 0 aliphatic rings. The zero-order valence-electron chi connectivity index (χ0n) is 8.74. The Labute approximate surface area is 102 Å². The Morgan fingerprint density at radius 3 is 2.38 bits per heavy atom. The van der Waals surface area contributed by atoms with Gasteiger partial charge in [-0.3, -0.25) is 4.79 Å². The van der Waals surface area contributed by atoms with Gasteiger partial charge in [-0.15, -0.1) is 0 Å². The predicted octanol–water partition coefficient (Wildman–Crippen LogP) is 2.50. The molecule has 0 saturated heterocycles. The molecular formula is C11H12BrNO3. The highest BCUT2D eigenvalue weighted by Crippen LogP contribution is 2.12. The van der Waals surface area contributed by atoms with Crippen molar-refractivity contribution in [1.29, 1.82) is 0 Å². The molecule has 0 radical (unpaired) electrons. The fourth-order valence-electron chi connectivity index (χ4n) is 1.10. The Hall–Kier alpha value is -1.36. The molecular weight excluding hydrogens is 274 g/mol. The molecule has 0 aliphatic heterocycles. The van der Waals surface area contributed by atoms with Crippen molar-refractivity contribution in [2.45, 2.75) is 18.2 Å². The second-order valence-electron chi connectivity index (χ2n) is 3.25. The number of hydrogen-bond donors (Lipinski definition) is 2. The molecule has 0 heterocycles. The average molecular weight is 286 g/mol. The number of halogens is 1. The fraction of sp³-hybridized carbons (Fsp3) is 0.273. The lowest BCUT2D eigenvalue weighted by Crippen LogP contribution is -2.21. The van der Waals surface area contributed by atoms with E-state index in [0.717, 1.165) is 0 Å². The standard InChI is InChI=1S/C11H12BrNO3/c1-2-9(12)10(14)13-8-5-3-7(4-6-8)11(15)16/h3-6,9H,2H2,1H3,(H,13,14)(H,15,16)/t9-/m1/s1. The average Bonchev–Trinajstić information content (AvgIpc) is 2.28. The van der Waals surface area contributed by atoms with Crippen molar-refractivity contribution in [3.8, 4) is 0 Å². The summed E-state index contributed by atoms with van der Waals surface area (Å²) in [6.45, 7) is 1.90. The first kappa shape index (κ1) is 12.7. The molecule has 1 atom stereocenters. The lowest BCUT2D eigenvalue weighted by molar-refractivity contribution is -0.115. The van der Waals surface area contributed by atoms with Gasteiger partial charge in [0.15, 0.2) is 0 Å². The SMILES string of the molecule is CC[C@@H](Br)C(=O)Nc1ccc(C(=O)O)cc1. The van der Waals surface area contributed by atoms with Gasteiger partial charge >= 0.3 is 5.97 Å². The molecule has 0 spiro atoms. The highest BCUT2D eigenvalue weighted by Gasteiger charge is 2.12. The fourth-order valence-corrected chi connectivity index (χ4v) is 1.22. The number of nitrogens with one attached hydrogen (secondary N) is 1. The summed E-state index contributed by atoms with van der Waals surface area (Å²) in [5.41, 5.74) is 0.789. The minimum atomic E-state index is -0.982. The molecule has 1 aromatic rings. The number of rotatable bonds is 4. The normalized spacial score (nSPS) is 11.9. The van der Waals surface area contributed by atoms with Gasteiger partial charge in [-0.2, -0.15) is 0 Å². The van der Waals surface area contributed by atoms with E-state index in [9.17, 15) is 9.59 Å². The lowest BCUT2D eigenvalue weighted by atomic mass is 10.2. The first-order valence-corrected chi connectivity index (χ1v) is 5.74. The van der Waals surface area contributed by atoms with Crippen LogP contribution in [0.1, 0.15) is 23.7 Å². The second kappa shape index (κ2) is 5.65. The van der Waals surface area contributed by atoms with Crippen LogP contribution in [0.15, 0.2) is 24.3 Å². The van der Waals surface area contributed by atoms with Crippen molar-refractivity contribution < 1.29 is 14.7 Å². The third kappa shape index (κ3) is 3.34. The zero-order valence-corrected chi connectivity index (χ0v) is 10.3. The summed E-state index contributed by atoms with van der Waals surface area (Å²) in [6, 6.07) is 6.04. The van der Waals surface area contributed by atoms with Gasteiger partial charge in [0.1, 0.15) is 0 Å². The van der Waals surface area contributed by atoms with Gasteiger partial charge in [0.25, 0.3) is 0 Å². The number of anilines is 1. The van der Waals surface area contributed by atoms with Crippen molar-refractivity contribution in [2.75, 3.05) is 5.32 Å². The minimum Gasteiger partial charge on any atom is -0.478 e. The van der Waals surface area contributed by atoms with Crippen LogP contribution in [0.4, 0.5) is 5.69 Å². The third-order valence-corrected chi connectivity index (χ3v) is 3.11. The second-order valence-corrected chi connectivity index (χ2v) is 4.35. The largest absolute Gasteiger partial charge is 0.478 e. The number of carbonyl (C=O) groups excluding carboxylic acids is 1. The third-order valence-electron chi connectivity index (χ3n) is 2.04. The van der Waals surface area contributed by atoms with Crippen LogP contribution in [0.5, 0.6) is 0 Å². The quantitative estimate of drug-likeness (QED) is 0.836. The van der Waals surface area contributed by atoms with Crippen molar-refractivity contribution in [2.24, 2.45) is 0 Å². The van der Waals surface area contributed by atoms with Crippen LogP contribution in [-0.4, -0.2) is 21.8 Å². The Balaban J connectivity index is 2.69. The molecule has 86 valence electrons. The van der Waals surface area contributed by atoms with Crippen LogP contribution < -0.4 is 5.32 Å². The summed E-state index contributed by atoms with van der Waals surface area (Å²) in [5.74, 6) is -1.12. The van der Waals surface area contributed by atoms with Gasteiger partial charge in [0.05, 0.1) is 10.4 Å². The van der Waals surface area contributed by atoms with Crippen LogP contribution in [0.2, 0.25) is 0 Å². The van der Waals surface area contributed by atoms with E-state index < -0.39 is 5.97 Å². The molecule has 4 nitrogen and oxygen atoms in total. The molecule has 0 fully saturated rings. The van der Waals surface area contributed by atoms with Gasteiger partial charge in [0, 0.05) is 5.69 Å². The molecule has 0 unspecified atom stereocenters. The van der Waals surface area contributed by atoms with Gasteiger partial charge in [0.2, 0.25) is 5.91 Å². The number of hydrogen-bond acceptors (Lipinski definition) is 2. The smallest absolute Gasteiger partial charge is 0.335 e. The topological polar surface area (TPSA) is 66.4 Å². The molecule has 1 aromatic carbocycles. The lowest BCUT2D eigenvalue weighted by Gasteiger charge is -2.08. The summed E-state index contributed by atoms with van der Waals surface area (Å²) in [7, 11) is 0. The van der Waals surface area contributed by atoms with Crippen LogP contribution >= 0.6 is 15.9 Å². The highest BCUT2D eigenvalue weighted by atomic mass is 79.9. The van der Waals surface area contributed by atoms with Crippen LogP contribution in [0.25, 0.3) is 0 Å². The van der Waals surface area contributed by atoms with E-state index in [2.05, 4.69) is 21.2 Å². The highest BCUT2D eigenvalue weighted by molar-refractivity contribution is 9.10. The number of alkyl halides is 1. The first-order valence-electron chi connectivity index (χ1n) is 4.83. The number of carboxylic acid groups (broad SMARTS) is 1. The maximum atomic E-state index is 11.5. The predicted molar refractivity (Wildman–Crippen MR) is 65.0 cm³/mol. The molecule has 16 heavy (non-hydrogen) atoms. The van der Waals surface area contributed by atoms with Gasteiger partial charge in [-0.25, -0.2) is 4.79 Å². The van der Waals surface area contributed by atoms with Crippen LogP contribution in [-0.2, 0) is 4.79 Å². The molecule has 0 bridgehead atoms. The molecule has 0 aromatic heterocycles. The summed E-state index contributed by atoms with van der Waals surface area (Å²) in [6.07, 6.45) is 0.693. The van der Waals surface area contributed by atoms with E-state index in [1.54, 1.807) is 12.1 Å². The van der Waals surface area contributed by atoms with Gasteiger partial charge in [-0.05, 0) is 30.7 Å². The van der Waals surface area contributed by atoms with Crippen molar-refractivity contribution >= 4 is 33.5 Å². The zero-order chi connectivity index (χ0) is 12.1. The number of benzene rings is 1. The van der Waals surface area contributed by atoms with E-state index >= 15 is 0 Å². The number of carbonyl (C=O) groups is 2. The monoisotopic (exact) mass is 285 g/mol. The van der Waals surface area contributed by atoms with Gasteiger partial charge < -0.3 is 10.4 Å². The van der Waals surface area contributed by atoms with E-state index in [4.69, 9.17) is 5.11 Å².